The van der Waals surface area contributed by atoms with E-state index >= 15 is 0 Å². The van der Waals surface area contributed by atoms with Crippen molar-refractivity contribution < 1.29 is 29.6 Å². The maximum Gasteiger partial charge on any atom is 1.00 e. The van der Waals surface area contributed by atoms with Gasteiger partial charge in [-0.3, -0.25) is 0 Å². The van der Waals surface area contributed by atoms with Crippen molar-refractivity contribution in [3.8, 4) is 0 Å². The third-order valence-electron chi connectivity index (χ3n) is 0.496. The Morgan fingerprint density at radius 1 is 1.12 bits per heavy atom. The summed E-state index contributed by atoms with van der Waals surface area (Å²) >= 11 is 4.08. The third-order valence-corrected chi connectivity index (χ3v) is 0.496. The van der Waals surface area contributed by atoms with Gasteiger partial charge in [0.1, 0.15) is 0 Å². The van der Waals surface area contributed by atoms with E-state index < -0.39 is 0 Å². The van der Waals surface area contributed by atoms with Crippen LogP contribution in [0.4, 0.5) is 0 Å². The number of H-pyrrole nitrogens is 1. The van der Waals surface area contributed by atoms with E-state index in [0.717, 1.165) is 0 Å². The smallest absolute Gasteiger partial charge is 0.796 e. The van der Waals surface area contributed by atoms with Gasteiger partial charge in [0.2, 0.25) is 0 Å². The molecule has 0 aromatic carbocycles. The molecular weight excluding hydrogens is 129 g/mol. The fourth-order valence-corrected chi connectivity index (χ4v) is 0.278. The fraction of sp³-hybridized carbons (Fsp3) is 0.200. The number of aromatic amines is 1. The molecule has 0 amide bonds. The van der Waals surface area contributed by atoms with Crippen LogP contribution in [0.3, 0.4) is 0 Å². The summed E-state index contributed by atoms with van der Waals surface area (Å²) in [4.78, 5) is 2.86. The maximum absolute atomic E-state index is 4.08. The van der Waals surface area contributed by atoms with Crippen LogP contribution < -0.4 is 29.6 Å². The van der Waals surface area contributed by atoms with Gasteiger partial charge in [-0.15, -0.1) is 0 Å². The van der Waals surface area contributed by atoms with Crippen molar-refractivity contribution in [1.82, 2.24) is 4.98 Å². The predicted octanol–water partition coefficient (Wildman–Crippen LogP) is -1.82. The SMILES string of the molecule is C[S-].[Na+].c1cc[nH]c1. The van der Waals surface area contributed by atoms with Gasteiger partial charge >= 0.3 is 29.6 Å². The zero-order valence-corrected chi connectivity index (χ0v) is 8.03. The van der Waals surface area contributed by atoms with Gasteiger partial charge in [0.15, 0.2) is 0 Å². The zero-order valence-electron chi connectivity index (χ0n) is 5.22. The van der Waals surface area contributed by atoms with E-state index in [1.54, 1.807) is 6.26 Å². The molecule has 0 saturated carbocycles. The first kappa shape index (κ1) is 11.4. The largest absolute Gasteiger partial charge is 1.00 e. The predicted molar refractivity (Wildman–Crippen MR) is 34.1 cm³/mol. The first-order chi connectivity index (χ1) is 3.50. The van der Waals surface area contributed by atoms with Gasteiger partial charge in [0.25, 0.3) is 0 Å². The van der Waals surface area contributed by atoms with E-state index in [9.17, 15) is 0 Å². The van der Waals surface area contributed by atoms with E-state index in [1.807, 2.05) is 24.5 Å². The molecule has 1 aromatic heterocycles. The molecular formula is C5H8NNaS. The molecule has 0 bridgehead atoms. The minimum Gasteiger partial charge on any atom is -0.796 e. The summed E-state index contributed by atoms with van der Waals surface area (Å²) in [5, 5.41) is 0. The molecule has 1 heterocycles. The van der Waals surface area contributed by atoms with Gasteiger partial charge < -0.3 is 17.6 Å². The van der Waals surface area contributed by atoms with Crippen molar-refractivity contribution in [1.29, 1.82) is 0 Å². The first-order valence-corrected chi connectivity index (χ1v) is 2.80. The van der Waals surface area contributed by atoms with E-state index in [4.69, 9.17) is 0 Å². The molecule has 0 radical (unpaired) electrons. The van der Waals surface area contributed by atoms with Crippen LogP contribution in [0.25, 0.3) is 0 Å². The van der Waals surface area contributed by atoms with Gasteiger partial charge in [0.05, 0.1) is 0 Å². The second-order valence-corrected chi connectivity index (χ2v) is 0.885. The van der Waals surface area contributed by atoms with Crippen LogP contribution in [0.15, 0.2) is 24.5 Å². The first-order valence-electron chi connectivity index (χ1n) is 1.99. The van der Waals surface area contributed by atoms with Crippen molar-refractivity contribution in [3.63, 3.8) is 0 Å². The number of hydrogen-bond acceptors (Lipinski definition) is 1. The normalized spacial score (nSPS) is 5.75. The molecule has 0 aliphatic carbocycles. The minimum absolute atomic E-state index is 0. The Morgan fingerprint density at radius 2 is 1.50 bits per heavy atom. The Labute approximate surface area is 77.6 Å². The zero-order chi connectivity index (χ0) is 5.54. The van der Waals surface area contributed by atoms with Crippen LogP contribution in [0.1, 0.15) is 0 Å². The van der Waals surface area contributed by atoms with Crippen LogP contribution in [-0.4, -0.2) is 11.2 Å². The Kier molecular flexibility index (Phi) is 15.1. The van der Waals surface area contributed by atoms with E-state index in [2.05, 4.69) is 17.6 Å². The van der Waals surface area contributed by atoms with Crippen LogP contribution in [0.5, 0.6) is 0 Å². The van der Waals surface area contributed by atoms with Crippen LogP contribution in [0.2, 0.25) is 0 Å². The average molecular weight is 137 g/mol. The molecule has 1 nitrogen and oxygen atoms in total. The Balaban J connectivity index is 0. The van der Waals surface area contributed by atoms with Crippen molar-refractivity contribution in [2.45, 2.75) is 0 Å². The second kappa shape index (κ2) is 10.6. The van der Waals surface area contributed by atoms with Crippen LogP contribution in [-0.2, 0) is 12.6 Å². The van der Waals surface area contributed by atoms with Crippen LogP contribution >= 0.6 is 0 Å². The molecule has 40 valence electrons. The summed E-state index contributed by atoms with van der Waals surface area (Å²) < 4.78 is 0. The molecule has 0 saturated heterocycles. The third kappa shape index (κ3) is 6.63. The van der Waals surface area contributed by atoms with Crippen molar-refractivity contribution in [2.24, 2.45) is 0 Å². The maximum atomic E-state index is 4.08. The summed E-state index contributed by atoms with van der Waals surface area (Å²) in [7, 11) is 0. The summed E-state index contributed by atoms with van der Waals surface area (Å²) in [6.45, 7) is 0. The monoisotopic (exact) mass is 137 g/mol. The quantitative estimate of drug-likeness (QED) is 0.329. The standard InChI is InChI=1S/C4H5N.CH4S.Na/c1-2-4-5-3-1;1-2;/h1-5H;2H,1H3;/q;;+1/p-1. The van der Waals surface area contributed by atoms with Gasteiger partial charge in [-0.1, -0.05) is 0 Å². The van der Waals surface area contributed by atoms with Crippen molar-refractivity contribution in [2.75, 3.05) is 6.26 Å². The molecule has 0 unspecified atom stereocenters. The van der Waals surface area contributed by atoms with E-state index in [-0.39, 0.29) is 29.6 Å². The topological polar surface area (TPSA) is 15.8 Å². The molecule has 1 N–H and O–H groups in total. The molecule has 0 spiro atoms. The van der Waals surface area contributed by atoms with E-state index in [1.165, 1.54) is 0 Å². The number of nitrogens with one attached hydrogen (secondary N) is 1. The molecule has 1 aromatic rings. The molecule has 0 atom stereocenters. The summed E-state index contributed by atoms with van der Waals surface area (Å²) in [5.74, 6) is 0. The number of rotatable bonds is 0. The Morgan fingerprint density at radius 3 is 1.62 bits per heavy atom. The molecule has 1 rings (SSSR count). The second-order valence-electron chi connectivity index (χ2n) is 0.885. The minimum atomic E-state index is 0. The number of aromatic nitrogens is 1. The Bertz CT molecular complexity index is 68.9. The van der Waals surface area contributed by atoms with Gasteiger partial charge in [-0.2, -0.15) is 6.26 Å². The summed E-state index contributed by atoms with van der Waals surface area (Å²) in [6, 6.07) is 3.89. The van der Waals surface area contributed by atoms with E-state index in [0.29, 0.717) is 0 Å². The van der Waals surface area contributed by atoms with Crippen molar-refractivity contribution in [3.05, 3.63) is 24.5 Å². The molecule has 0 aliphatic rings. The molecule has 0 aliphatic heterocycles. The molecule has 8 heavy (non-hydrogen) atoms. The average Bonchev–Trinajstić information content (AvgIpc) is 2.23. The molecule has 0 fully saturated rings. The van der Waals surface area contributed by atoms with Crippen molar-refractivity contribution >= 4 is 12.6 Å². The van der Waals surface area contributed by atoms with Gasteiger partial charge in [-0.05, 0) is 12.1 Å². The van der Waals surface area contributed by atoms with Gasteiger partial charge in [0, 0.05) is 12.4 Å². The summed E-state index contributed by atoms with van der Waals surface area (Å²) in [6.07, 6.45) is 5.33. The Hall–Kier alpha value is 0.630. The molecule has 3 heteroatoms. The van der Waals surface area contributed by atoms with Gasteiger partial charge in [-0.25, -0.2) is 0 Å². The fourth-order valence-electron chi connectivity index (χ4n) is 0.278. The summed E-state index contributed by atoms with van der Waals surface area (Å²) in [5.41, 5.74) is 0. The number of hydrogen-bond donors (Lipinski definition) is 1. The van der Waals surface area contributed by atoms with Crippen LogP contribution in [0, 0.1) is 0 Å².